The van der Waals surface area contributed by atoms with E-state index in [1.54, 1.807) is 0 Å². The van der Waals surface area contributed by atoms with Crippen molar-refractivity contribution < 1.29 is 19.3 Å². The van der Waals surface area contributed by atoms with Crippen LogP contribution in [0.2, 0.25) is 0 Å². The van der Waals surface area contributed by atoms with E-state index in [9.17, 15) is 5.11 Å². The fourth-order valence-corrected chi connectivity index (χ4v) is 7.34. The average Bonchev–Trinajstić information content (AvgIpc) is 3.22. The van der Waals surface area contributed by atoms with Gasteiger partial charge in [0.25, 0.3) is 0 Å². The first-order chi connectivity index (χ1) is 26.9. The van der Waals surface area contributed by atoms with Crippen LogP contribution < -0.4 is 14.2 Å². The van der Waals surface area contributed by atoms with Crippen molar-refractivity contribution in [2.24, 2.45) is 0 Å². The Balaban J connectivity index is 1.18. The Kier molecular flexibility index (Phi) is 11.9. The lowest BCUT2D eigenvalue weighted by molar-refractivity contribution is 0.212. The van der Waals surface area contributed by atoms with Crippen molar-refractivity contribution in [2.75, 3.05) is 0 Å². The molecule has 0 aromatic heterocycles. The summed E-state index contributed by atoms with van der Waals surface area (Å²) in [7, 11) is 0. The number of ether oxygens (including phenoxy) is 3. The number of para-hydroxylation sites is 3. The molecular weight excluding hydrogens is 677 g/mol. The zero-order valence-corrected chi connectivity index (χ0v) is 31.8. The van der Waals surface area contributed by atoms with Gasteiger partial charge in [0, 0.05) is 41.5 Å². The molecule has 0 aliphatic rings. The third-order valence-corrected chi connectivity index (χ3v) is 9.89. The summed E-state index contributed by atoms with van der Waals surface area (Å²) in [5.41, 5.74) is 9.49. The summed E-state index contributed by atoms with van der Waals surface area (Å²) in [6.45, 7) is 6.28. The maximum absolute atomic E-state index is 11.6. The normalized spacial score (nSPS) is 12.7. The van der Waals surface area contributed by atoms with Crippen LogP contribution in [0.4, 0.5) is 0 Å². The molecular formula is C51H48O4. The summed E-state index contributed by atoms with van der Waals surface area (Å²) in [4.78, 5) is 0. The van der Waals surface area contributed by atoms with Crippen LogP contribution in [0, 0.1) is 0 Å². The van der Waals surface area contributed by atoms with Gasteiger partial charge < -0.3 is 19.3 Å². The van der Waals surface area contributed by atoms with Crippen molar-refractivity contribution >= 4 is 0 Å². The molecule has 7 aromatic rings. The maximum Gasteiger partial charge on any atom is 0.127 e. The Labute approximate surface area is 325 Å². The second-order valence-electron chi connectivity index (χ2n) is 14.2. The average molecular weight is 725 g/mol. The molecule has 0 aliphatic carbocycles. The largest absolute Gasteiger partial charge is 0.508 e. The van der Waals surface area contributed by atoms with Gasteiger partial charge in [-0.3, -0.25) is 0 Å². The fourth-order valence-electron chi connectivity index (χ4n) is 7.34. The Morgan fingerprint density at radius 1 is 0.364 bits per heavy atom. The molecule has 4 nitrogen and oxygen atoms in total. The highest BCUT2D eigenvalue weighted by Gasteiger charge is 2.23. The first-order valence-electron chi connectivity index (χ1n) is 19.2. The number of phenols is 1. The Morgan fingerprint density at radius 2 is 0.691 bits per heavy atom. The van der Waals surface area contributed by atoms with E-state index in [0.717, 1.165) is 67.3 Å². The van der Waals surface area contributed by atoms with E-state index >= 15 is 0 Å². The molecule has 3 atom stereocenters. The van der Waals surface area contributed by atoms with Crippen molar-refractivity contribution in [3.63, 3.8) is 0 Å². The van der Waals surface area contributed by atoms with E-state index in [1.165, 1.54) is 0 Å². The monoisotopic (exact) mass is 724 g/mol. The van der Waals surface area contributed by atoms with Gasteiger partial charge in [-0.05, 0) is 72.9 Å². The second kappa shape index (κ2) is 17.7. The number of benzene rings is 7. The van der Waals surface area contributed by atoms with Crippen molar-refractivity contribution in [1.82, 2.24) is 0 Å². The quantitative estimate of drug-likeness (QED) is 0.114. The van der Waals surface area contributed by atoms with E-state index in [-0.39, 0.29) is 24.1 Å². The van der Waals surface area contributed by atoms with Crippen LogP contribution in [-0.2, 0) is 19.3 Å². The first kappa shape index (κ1) is 37.1. The smallest absolute Gasteiger partial charge is 0.127 e. The van der Waals surface area contributed by atoms with Crippen LogP contribution in [0.15, 0.2) is 176 Å². The maximum atomic E-state index is 11.6. The van der Waals surface area contributed by atoms with Crippen LogP contribution in [0.1, 0.15) is 37.5 Å². The van der Waals surface area contributed by atoms with Crippen LogP contribution >= 0.6 is 0 Å². The van der Waals surface area contributed by atoms with E-state index in [2.05, 4.69) is 75.4 Å². The summed E-state index contributed by atoms with van der Waals surface area (Å²) in [5.74, 6) is 2.74. The van der Waals surface area contributed by atoms with E-state index in [1.807, 2.05) is 121 Å². The van der Waals surface area contributed by atoms with Crippen molar-refractivity contribution in [2.45, 2.75) is 58.3 Å². The van der Waals surface area contributed by atoms with Gasteiger partial charge in [0.2, 0.25) is 0 Å². The van der Waals surface area contributed by atoms with Crippen LogP contribution in [-0.4, -0.2) is 23.4 Å². The molecule has 0 saturated carbocycles. The number of rotatable bonds is 15. The predicted molar refractivity (Wildman–Crippen MR) is 225 cm³/mol. The minimum atomic E-state index is -0.230. The lowest BCUT2D eigenvalue weighted by atomic mass is 9.89. The second-order valence-corrected chi connectivity index (χ2v) is 14.2. The van der Waals surface area contributed by atoms with Crippen molar-refractivity contribution in [1.29, 1.82) is 0 Å². The molecule has 276 valence electrons. The van der Waals surface area contributed by atoms with Gasteiger partial charge in [-0.15, -0.1) is 0 Å². The van der Waals surface area contributed by atoms with Gasteiger partial charge in [0.15, 0.2) is 0 Å². The van der Waals surface area contributed by atoms with Gasteiger partial charge in [-0.2, -0.15) is 0 Å². The molecule has 7 rings (SSSR count). The molecule has 7 aromatic carbocycles. The van der Waals surface area contributed by atoms with E-state index in [4.69, 9.17) is 14.2 Å². The Bertz CT molecular complexity index is 2280. The zero-order valence-electron chi connectivity index (χ0n) is 31.8. The van der Waals surface area contributed by atoms with Crippen molar-refractivity contribution in [3.05, 3.63) is 193 Å². The highest BCUT2D eigenvalue weighted by atomic mass is 16.5. The zero-order chi connectivity index (χ0) is 38.0. The van der Waals surface area contributed by atoms with E-state index in [0.29, 0.717) is 19.3 Å². The Morgan fingerprint density at radius 3 is 1.09 bits per heavy atom. The predicted octanol–water partition coefficient (Wildman–Crippen LogP) is 12.4. The number of hydrogen-bond donors (Lipinski definition) is 1. The molecule has 0 saturated heterocycles. The molecule has 0 bridgehead atoms. The summed E-state index contributed by atoms with van der Waals surface area (Å²) in [6.07, 6.45) is 1.16. The molecule has 0 fully saturated rings. The van der Waals surface area contributed by atoms with Gasteiger partial charge in [0.05, 0.1) is 12.2 Å². The standard InChI is InChI=1S/C51H48O4/c1-36(53-49-28-16-13-25-43(49)39-19-7-4-8-20-39)33-42-31-32-48(52)47(35-38(3)55-51-30-18-15-27-45(51)41-23-11-6-12-24-41)46(42)34-37(2)54-50-29-17-14-26-44(50)40-21-9-5-10-22-40/h4-32,36-38,52H,33-35H2,1-3H3. The van der Waals surface area contributed by atoms with Gasteiger partial charge in [0.1, 0.15) is 29.1 Å². The minimum Gasteiger partial charge on any atom is -0.508 e. The first-order valence-corrected chi connectivity index (χ1v) is 19.2. The summed E-state index contributed by atoms with van der Waals surface area (Å²) in [5, 5.41) is 11.6. The molecule has 55 heavy (non-hydrogen) atoms. The van der Waals surface area contributed by atoms with Crippen LogP contribution in [0.5, 0.6) is 23.0 Å². The van der Waals surface area contributed by atoms with Gasteiger partial charge in [-0.1, -0.05) is 152 Å². The molecule has 0 radical (unpaired) electrons. The van der Waals surface area contributed by atoms with E-state index < -0.39 is 0 Å². The molecule has 0 aliphatic heterocycles. The summed E-state index contributed by atoms with van der Waals surface area (Å²) in [6, 6.07) is 59.3. The third kappa shape index (κ3) is 9.28. The van der Waals surface area contributed by atoms with Gasteiger partial charge in [-0.25, -0.2) is 0 Å². The van der Waals surface area contributed by atoms with Gasteiger partial charge >= 0.3 is 0 Å². The third-order valence-electron chi connectivity index (χ3n) is 9.89. The van der Waals surface area contributed by atoms with Crippen LogP contribution in [0.25, 0.3) is 33.4 Å². The van der Waals surface area contributed by atoms with Crippen molar-refractivity contribution in [3.8, 4) is 56.4 Å². The lowest BCUT2D eigenvalue weighted by Gasteiger charge is -2.25. The number of aromatic hydroxyl groups is 1. The SMILES string of the molecule is CC(Cc1ccc(O)c(CC(C)Oc2ccccc2-c2ccccc2)c1CC(C)Oc1ccccc1-c1ccccc1)Oc1ccccc1-c1ccccc1. The highest BCUT2D eigenvalue weighted by Crippen LogP contribution is 2.36. The summed E-state index contributed by atoms with van der Waals surface area (Å²) < 4.78 is 20.1. The Hall–Kier alpha value is -6.26. The molecule has 1 N–H and O–H groups in total. The molecule has 0 amide bonds. The topological polar surface area (TPSA) is 47.9 Å². The highest BCUT2D eigenvalue weighted by molar-refractivity contribution is 5.72. The molecule has 0 heterocycles. The molecule has 4 heteroatoms. The lowest BCUT2D eigenvalue weighted by Crippen LogP contribution is -2.23. The molecule has 0 spiro atoms. The summed E-state index contributed by atoms with van der Waals surface area (Å²) >= 11 is 0. The number of hydrogen-bond acceptors (Lipinski definition) is 4. The minimum absolute atomic E-state index is 0.151. The molecule has 3 unspecified atom stereocenters. The number of phenolic OH excluding ortho intramolecular Hbond substituents is 1. The fraction of sp³-hybridized carbons (Fsp3) is 0.176. The van der Waals surface area contributed by atoms with Crippen LogP contribution in [0.3, 0.4) is 0 Å².